The van der Waals surface area contributed by atoms with Crippen molar-refractivity contribution in [3.63, 3.8) is 0 Å². The van der Waals surface area contributed by atoms with Crippen LogP contribution in [0.1, 0.15) is 134 Å². The van der Waals surface area contributed by atoms with Crippen molar-refractivity contribution in [3.8, 4) is 0 Å². The molecule has 7 heterocycles. The van der Waals surface area contributed by atoms with Gasteiger partial charge in [-0.1, -0.05) is 38.5 Å². The smallest absolute Gasteiger partial charge is 0.261 e. The summed E-state index contributed by atoms with van der Waals surface area (Å²) in [5.41, 5.74) is 5.99. The second-order valence-corrected chi connectivity index (χ2v) is 22.7. The molecule has 4 N–H and O–H groups in total. The zero-order chi connectivity index (χ0) is 44.6. The van der Waals surface area contributed by atoms with Crippen molar-refractivity contribution in [1.82, 2.24) is 44.2 Å². The Morgan fingerprint density at radius 3 is 2.26 bits per heavy atom. The van der Waals surface area contributed by atoms with Gasteiger partial charge in [-0.05, 0) is 114 Å². The monoisotopic (exact) mass is 914 g/mol. The number of aromatic nitrogens is 6. The predicted octanol–water partition coefficient (Wildman–Crippen LogP) is 8.43. The van der Waals surface area contributed by atoms with Gasteiger partial charge in [-0.3, -0.25) is 14.6 Å². The molecule has 2 spiro atoms. The van der Waals surface area contributed by atoms with Crippen LogP contribution in [0.4, 0.5) is 23.3 Å². The Morgan fingerprint density at radius 1 is 0.803 bits per heavy atom. The third-order valence-corrected chi connectivity index (χ3v) is 18.2. The highest BCUT2D eigenvalue weighted by Gasteiger charge is 2.44. The minimum absolute atomic E-state index is 0.0565. The van der Waals surface area contributed by atoms with Gasteiger partial charge in [0.1, 0.15) is 11.3 Å². The Morgan fingerprint density at radius 2 is 1.52 bits per heavy atom. The van der Waals surface area contributed by atoms with Gasteiger partial charge in [0.2, 0.25) is 11.9 Å². The van der Waals surface area contributed by atoms with E-state index in [0.29, 0.717) is 41.9 Å². The minimum Gasteiger partial charge on any atom is -0.351 e. The largest absolute Gasteiger partial charge is 0.351 e. The minimum atomic E-state index is -3.99. The molecule has 3 aliphatic heterocycles. The Balaban J connectivity index is 0.775. The summed E-state index contributed by atoms with van der Waals surface area (Å²) in [5.74, 6) is 2.07. The molecule has 66 heavy (non-hydrogen) atoms. The van der Waals surface area contributed by atoms with E-state index in [0.717, 1.165) is 91.6 Å². The summed E-state index contributed by atoms with van der Waals surface area (Å²) in [5, 5.41) is 12.5. The number of rotatable bonds is 10. The number of hydrogen-bond donors (Lipinski definition) is 4. The maximum atomic E-state index is 14.4. The number of nitrogens with zero attached hydrogens (tertiary/aromatic N) is 9. The molecule has 4 aromatic heterocycles. The van der Waals surface area contributed by atoms with Crippen molar-refractivity contribution in [2.45, 2.75) is 157 Å². The van der Waals surface area contributed by atoms with Gasteiger partial charge in [-0.2, -0.15) is 9.97 Å². The second kappa shape index (κ2) is 16.8. The van der Waals surface area contributed by atoms with Crippen LogP contribution in [0.5, 0.6) is 0 Å². The number of nitrogens with one attached hydrogen (secondary N) is 4. The lowest BCUT2D eigenvalue weighted by atomic mass is 9.77. The molecule has 1 atom stereocenters. The molecular formula is C50H67N13O2S. The third kappa shape index (κ3) is 7.67. The van der Waals surface area contributed by atoms with Gasteiger partial charge >= 0.3 is 0 Å². The second-order valence-electron chi connectivity index (χ2n) is 21.0. The van der Waals surface area contributed by atoms with Crippen LogP contribution in [-0.4, -0.2) is 104 Å². The normalized spacial score (nSPS) is 25.7. The first-order valence-electron chi connectivity index (χ1n) is 25.3. The zero-order valence-electron chi connectivity index (χ0n) is 38.9. The Kier molecular flexibility index (Phi) is 10.9. The van der Waals surface area contributed by atoms with Crippen LogP contribution in [-0.2, 0) is 27.6 Å². The number of hydrogen-bond acceptors (Lipinski definition) is 12. The van der Waals surface area contributed by atoms with Gasteiger partial charge in [-0.15, -0.1) is 0 Å². The van der Waals surface area contributed by atoms with E-state index in [-0.39, 0.29) is 22.0 Å². The fourth-order valence-corrected chi connectivity index (χ4v) is 14.2. The Labute approximate surface area is 389 Å². The first-order valence-corrected chi connectivity index (χ1v) is 26.8. The molecule has 5 aromatic rings. The molecule has 15 nitrogen and oxygen atoms in total. The van der Waals surface area contributed by atoms with Crippen molar-refractivity contribution >= 4 is 61.1 Å². The molecule has 0 radical (unpaired) electrons. The highest BCUT2D eigenvalue weighted by atomic mass is 32.2. The lowest BCUT2D eigenvalue weighted by Crippen LogP contribution is -2.52. The molecule has 4 aliphatic carbocycles. The zero-order valence-corrected chi connectivity index (χ0v) is 39.7. The first-order chi connectivity index (χ1) is 32.1. The first kappa shape index (κ1) is 42.7. The molecule has 16 heteroatoms. The summed E-state index contributed by atoms with van der Waals surface area (Å²) in [7, 11) is -3.99. The van der Waals surface area contributed by atoms with E-state index in [4.69, 9.17) is 19.9 Å². The van der Waals surface area contributed by atoms with Gasteiger partial charge in [0.25, 0.3) is 10.0 Å². The molecule has 0 bridgehead atoms. The van der Waals surface area contributed by atoms with E-state index in [2.05, 4.69) is 64.5 Å². The van der Waals surface area contributed by atoms with E-state index in [9.17, 15) is 8.42 Å². The van der Waals surface area contributed by atoms with Gasteiger partial charge in [0, 0.05) is 92.8 Å². The average molecular weight is 914 g/mol. The molecule has 4 saturated carbocycles. The van der Waals surface area contributed by atoms with Crippen LogP contribution in [0.25, 0.3) is 22.1 Å². The number of sulfonamides is 1. The summed E-state index contributed by atoms with van der Waals surface area (Å²) < 4.78 is 36.7. The Hall–Kier alpha value is -4.64. The standard InChI is InChI=1S/C50H67N13O2S/c1-33-42-27-36-28-52-47(57-45(36)63(42)50(34(2)54-33)21-7-4-8-22-50)56-38-13-17-40(18-14-38)66(64,65)59-44-41-29-53-48(58-46(41)62-43(44)30-51-32-49(62)19-5-3-6-20-49)55-37-11-15-39(16-12-37)61-25-23-60(24-26-61)31-35-9-10-35/h13-14,17-18,27-29,33,35,37,39,51,59H,3-12,15-16,19-26,30-32H2,1-2H3,(H,52,56,57)(H,53,55,58). The molecule has 350 valence electrons. The highest BCUT2D eigenvalue weighted by molar-refractivity contribution is 7.92. The predicted molar refractivity (Wildman–Crippen MR) is 261 cm³/mol. The average Bonchev–Trinajstić information content (AvgIpc) is 3.98. The number of fused-ring (bicyclic) bond motifs is 8. The molecule has 7 aliphatic rings. The highest BCUT2D eigenvalue weighted by Crippen LogP contribution is 2.47. The summed E-state index contributed by atoms with van der Waals surface area (Å²) >= 11 is 0. The topological polar surface area (TPSA) is 163 Å². The lowest BCUT2D eigenvalue weighted by Gasteiger charge is -2.43. The summed E-state index contributed by atoms with van der Waals surface area (Å²) in [6, 6.07) is 10.1. The molecule has 1 saturated heterocycles. The fourth-order valence-electron chi connectivity index (χ4n) is 13.1. The summed E-state index contributed by atoms with van der Waals surface area (Å²) in [6.45, 7) is 11.8. The van der Waals surface area contributed by atoms with Crippen LogP contribution in [0, 0.1) is 5.92 Å². The number of anilines is 4. The van der Waals surface area contributed by atoms with Gasteiger partial charge in [0.05, 0.1) is 38.8 Å². The van der Waals surface area contributed by atoms with E-state index in [1.165, 1.54) is 95.5 Å². The number of aliphatic imine (C=N–C) groups is 1. The Bertz CT molecular complexity index is 2750. The number of piperazine rings is 1. The molecule has 0 amide bonds. The van der Waals surface area contributed by atoms with Crippen molar-refractivity contribution in [2.75, 3.05) is 54.6 Å². The van der Waals surface area contributed by atoms with Crippen LogP contribution in [0.3, 0.4) is 0 Å². The molecule has 5 fully saturated rings. The van der Waals surface area contributed by atoms with Crippen LogP contribution in [0.15, 0.2) is 52.6 Å². The summed E-state index contributed by atoms with van der Waals surface area (Å²) in [4.78, 5) is 30.6. The lowest BCUT2D eigenvalue weighted by molar-refractivity contribution is 0.0752. The van der Waals surface area contributed by atoms with Gasteiger partial charge in [0.15, 0.2) is 0 Å². The molecule has 1 aromatic carbocycles. The van der Waals surface area contributed by atoms with E-state index in [1.54, 1.807) is 24.3 Å². The van der Waals surface area contributed by atoms with Crippen molar-refractivity contribution < 1.29 is 8.42 Å². The van der Waals surface area contributed by atoms with Crippen LogP contribution >= 0.6 is 0 Å². The van der Waals surface area contributed by atoms with E-state index in [1.807, 2.05) is 12.4 Å². The van der Waals surface area contributed by atoms with Gasteiger partial charge in [-0.25, -0.2) is 18.4 Å². The van der Waals surface area contributed by atoms with Crippen molar-refractivity contribution in [2.24, 2.45) is 10.9 Å². The molecule has 12 rings (SSSR count). The SMILES string of the molecule is CC1=NC(C)c2cc3cnc(Nc4ccc(S(=O)(=O)Nc5c6n(c7nc(NC8CCC(N9CCN(CC%10CC%10)CC9)CC8)ncc57)C5(CCCCC5)CNC6)cc4)nc3n2C12CCCCC2. The molecule has 1 unspecified atom stereocenters. The van der Waals surface area contributed by atoms with Crippen molar-refractivity contribution in [1.29, 1.82) is 0 Å². The van der Waals surface area contributed by atoms with Crippen LogP contribution in [0.2, 0.25) is 0 Å². The van der Waals surface area contributed by atoms with E-state index >= 15 is 0 Å². The quantitative estimate of drug-likeness (QED) is 0.106. The number of benzene rings is 1. The van der Waals surface area contributed by atoms with Crippen LogP contribution < -0.4 is 20.7 Å². The molecular weight excluding hydrogens is 847 g/mol. The summed E-state index contributed by atoms with van der Waals surface area (Å²) in [6.07, 6.45) is 22.4. The maximum absolute atomic E-state index is 14.4. The van der Waals surface area contributed by atoms with Gasteiger partial charge < -0.3 is 30.0 Å². The van der Waals surface area contributed by atoms with Crippen molar-refractivity contribution in [3.05, 3.63) is 54.1 Å². The third-order valence-electron chi connectivity index (χ3n) is 16.8. The maximum Gasteiger partial charge on any atom is 0.261 e. The van der Waals surface area contributed by atoms with E-state index < -0.39 is 10.0 Å². The fraction of sp³-hybridized carbons (Fsp3) is 0.620.